The fourth-order valence-electron chi connectivity index (χ4n) is 1.23. The molecule has 1 rings (SSSR count). The van der Waals surface area contributed by atoms with Gasteiger partial charge in [0.2, 0.25) is 0 Å². The van der Waals surface area contributed by atoms with Gasteiger partial charge in [0.25, 0.3) is 0 Å². The van der Waals surface area contributed by atoms with E-state index in [0.29, 0.717) is 0 Å². The van der Waals surface area contributed by atoms with Gasteiger partial charge in [0.15, 0.2) is 0 Å². The van der Waals surface area contributed by atoms with Crippen molar-refractivity contribution in [2.75, 3.05) is 0 Å². The Morgan fingerprint density at radius 2 is 2.07 bits per heavy atom. The average Bonchev–Trinajstić information content (AvgIpc) is 2.45. The van der Waals surface area contributed by atoms with Gasteiger partial charge in [-0.1, -0.05) is 0 Å². The molecule has 0 saturated heterocycles. The van der Waals surface area contributed by atoms with E-state index in [4.69, 9.17) is 5.11 Å². The van der Waals surface area contributed by atoms with Crippen molar-refractivity contribution >= 4 is 0 Å². The molecule has 0 atom stereocenters. The molecule has 80 valence electrons. The minimum absolute atomic E-state index is 0.187. The Hall–Kier alpha value is -1.04. The Kier molecular flexibility index (Phi) is 2.84. The maximum atomic E-state index is 12.3. The summed E-state index contributed by atoms with van der Waals surface area (Å²) in [5.74, 6) is 0. The molecule has 1 N–H and O–H groups in total. The Labute approximate surface area is 79.2 Å². The highest BCUT2D eigenvalue weighted by molar-refractivity contribution is 5.20. The van der Waals surface area contributed by atoms with Gasteiger partial charge in [-0.15, -0.1) is 0 Å². The van der Waals surface area contributed by atoms with E-state index in [1.165, 1.54) is 4.68 Å². The van der Waals surface area contributed by atoms with Crippen molar-refractivity contribution in [3.05, 3.63) is 17.5 Å². The van der Waals surface area contributed by atoms with Crippen LogP contribution in [-0.2, 0) is 12.8 Å². The third-order valence-electron chi connectivity index (χ3n) is 1.84. The Bertz CT molecular complexity index is 317. The number of nitrogens with zero attached hydrogens (tertiary/aromatic N) is 2. The number of hydrogen-bond acceptors (Lipinski definition) is 2. The molecule has 0 aliphatic heterocycles. The van der Waals surface area contributed by atoms with E-state index in [1.807, 2.05) is 0 Å². The topological polar surface area (TPSA) is 38.0 Å². The second kappa shape index (κ2) is 3.61. The fourth-order valence-corrected chi connectivity index (χ4v) is 1.23. The molecule has 0 aromatic carbocycles. The molecule has 3 nitrogen and oxygen atoms in total. The van der Waals surface area contributed by atoms with E-state index in [2.05, 4.69) is 5.10 Å². The van der Waals surface area contributed by atoms with E-state index in [9.17, 15) is 13.2 Å². The summed E-state index contributed by atoms with van der Waals surface area (Å²) in [6.45, 7) is 2.74. The first-order valence-electron chi connectivity index (χ1n) is 4.12. The molecule has 1 aromatic rings. The van der Waals surface area contributed by atoms with E-state index in [-0.39, 0.29) is 11.7 Å². The fraction of sp³-hybridized carbons (Fsp3) is 0.625. The SMILES string of the molecule is CC(C)n1ncc(C(F)(F)F)c1CO. The minimum Gasteiger partial charge on any atom is -0.390 e. The highest BCUT2D eigenvalue weighted by atomic mass is 19.4. The van der Waals surface area contributed by atoms with Crippen LogP contribution in [0.15, 0.2) is 6.20 Å². The largest absolute Gasteiger partial charge is 0.419 e. The van der Waals surface area contributed by atoms with Crippen molar-refractivity contribution in [1.82, 2.24) is 9.78 Å². The van der Waals surface area contributed by atoms with Crippen LogP contribution < -0.4 is 0 Å². The predicted molar refractivity (Wildman–Crippen MR) is 43.5 cm³/mol. The van der Waals surface area contributed by atoms with Gasteiger partial charge in [-0.05, 0) is 13.8 Å². The second-order valence-electron chi connectivity index (χ2n) is 3.20. The molecule has 0 spiro atoms. The highest BCUT2D eigenvalue weighted by Crippen LogP contribution is 2.32. The van der Waals surface area contributed by atoms with Crippen molar-refractivity contribution in [1.29, 1.82) is 0 Å². The average molecular weight is 208 g/mol. The van der Waals surface area contributed by atoms with Crippen LogP contribution in [0.5, 0.6) is 0 Å². The number of halogens is 3. The normalized spacial score (nSPS) is 12.5. The van der Waals surface area contributed by atoms with Gasteiger partial charge in [0.05, 0.1) is 24.1 Å². The third-order valence-corrected chi connectivity index (χ3v) is 1.84. The van der Waals surface area contributed by atoms with E-state index in [1.54, 1.807) is 13.8 Å². The number of alkyl halides is 3. The quantitative estimate of drug-likeness (QED) is 0.806. The monoisotopic (exact) mass is 208 g/mol. The molecule has 1 aromatic heterocycles. The number of rotatable bonds is 2. The van der Waals surface area contributed by atoms with Gasteiger partial charge >= 0.3 is 6.18 Å². The van der Waals surface area contributed by atoms with Crippen LogP contribution in [0.4, 0.5) is 13.2 Å². The van der Waals surface area contributed by atoms with Gasteiger partial charge in [-0.2, -0.15) is 18.3 Å². The Morgan fingerprint density at radius 1 is 1.50 bits per heavy atom. The molecule has 1 heterocycles. The van der Waals surface area contributed by atoms with Gasteiger partial charge in [-0.3, -0.25) is 4.68 Å². The zero-order valence-electron chi connectivity index (χ0n) is 7.84. The smallest absolute Gasteiger partial charge is 0.390 e. The van der Waals surface area contributed by atoms with E-state index >= 15 is 0 Å². The van der Waals surface area contributed by atoms with Crippen molar-refractivity contribution in [3.8, 4) is 0 Å². The zero-order valence-corrected chi connectivity index (χ0v) is 7.84. The molecule has 0 bridgehead atoms. The summed E-state index contributed by atoms with van der Waals surface area (Å²) in [5.41, 5.74) is -1.05. The molecule has 0 amide bonds. The summed E-state index contributed by atoms with van der Waals surface area (Å²) in [4.78, 5) is 0. The van der Waals surface area contributed by atoms with E-state index < -0.39 is 18.3 Å². The van der Waals surface area contributed by atoms with Gasteiger partial charge in [0.1, 0.15) is 0 Å². The first kappa shape index (κ1) is 11.0. The highest BCUT2D eigenvalue weighted by Gasteiger charge is 2.36. The van der Waals surface area contributed by atoms with Crippen LogP contribution in [0.25, 0.3) is 0 Å². The van der Waals surface area contributed by atoms with Gasteiger partial charge in [0, 0.05) is 6.04 Å². The van der Waals surface area contributed by atoms with Crippen LogP contribution in [0.3, 0.4) is 0 Å². The zero-order chi connectivity index (χ0) is 10.9. The molecule has 6 heteroatoms. The first-order valence-corrected chi connectivity index (χ1v) is 4.12. The third kappa shape index (κ3) is 1.89. The van der Waals surface area contributed by atoms with Crippen LogP contribution in [0, 0.1) is 0 Å². The summed E-state index contributed by atoms with van der Waals surface area (Å²) >= 11 is 0. The lowest BCUT2D eigenvalue weighted by Crippen LogP contribution is -2.12. The van der Waals surface area contributed by atoms with Gasteiger partial charge < -0.3 is 5.11 Å². The molecular formula is C8H11F3N2O. The van der Waals surface area contributed by atoms with Crippen LogP contribution in [0.1, 0.15) is 31.1 Å². The van der Waals surface area contributed by atoms with Crippen molar-refractivity contribution in [2.45, 2.75) is 32.7 Å². The number of aliphatic hydroxyl groups is 1. The summed E-state index contributed by atoms with van der Waals surface area (Å²) in [5, 5.41) is 12.4. The van der Waals surface area contributed by atoms with Gasteiger partial charge in [-0.25, -0.2) is 0 Å². The maximum absolute atomic E-state index is 12.3. The molecular weight excluding hydrogens is 197 g/mol. The summed E-state index contributed by atoms with van der Waals surface area (Å²) < 4.78 is 38.2. The van der Waals surface area contributed by atoms with Crippen molar-refractivity contribution in [2.24, 2.45) is 0 Å². The minimum atomic E-state index is -4.45. The maximum Gasteiger partial charge on any atom is 0.419 e. The predicted octanol–water partition coefficient (Wildman–Crippen LogP) is 1.98. The first-order chi connectivity index (χ1) is 6.38. The molecule has 0 radical (unpaired) electrons. The van der Waals surface area contributed by atoms with Crippen molar-refractivity contribution < 1.29 is 18.3 Å². The molecule has 0 fully saturated rings. The Balaban J connectivity index is 3.21. The second-order valence-corrected chi connectivity index (χ2v) is 3.20. The van der Waals surface area contributed by atoms with Crippen LogP contribution in [0.2, 0.25) is 0 Å². The van der Waals surface area contributed by atoms with Crippen molar-refractivity contribution in [3.63, 3.8) is 0 Å². The van der Waals surface area contributed by atoms with E-state index in [0.717, 1.165) is 6.20 Å². The summed E-state index contributed by atoms with van der Waals surface area (Å²) in [6.07, 6.45) is -3.71. The lowest BCUT2D eigenvalue weighted by atomic mass is 10.2. The molecule has 0 aliphatic carbocycles. The lowest BCUT2D eigenvalue weighted by Gasteiger charge is -2.11. The Morgan fingerprint density at radius 3 is 2.43 bits per heavy atom. The molecule has 0 aliphatic rings. The summed E-state index contributed by atoms with van der Waals surface area (Å²) in [6, 6.07) is -0.201. The number of aliphatic hydroxyl groups excluding tert-OH is 1. The molecule has 0 unspecified atom stereocenters. The summed E-state index contributed by atoms with van der Waals surface area (Å²) in [7, 11) is 0. The number of hydrogen-bond donors (Lipinski definition) is 1. The molecule has 0 saturated carbocycles. The number of aromatic nitrogens is 2. The molecule has 14 heavy (non-hydrogen) atoms. The standard InChI is InChI=1S/C8H11F3N2O/c1-5(2)13-7(4-14)6(3-12-13)8(9,10)11/h3,5,14H,4H2,1-2H3. The lowest BCUT2D eigenvalue weighted by molar-refractivity contribution is -0.138. The van der Waals surface area contributed by atoms with Crippen LogP contribution >= 0.6 is 0 Å². The van der Waals surface area contributed by atoms with Crippen LogP contribution in [-0.4, -0.2) is 14.9 Å².